The zero-order chi connectivity index (χ0) is 13.6. The van der Waals surface area contributed by atoms with Crippen molar-refractivity contribution in [3.63, 3.8) is 0 Å². The van der Waals surface area contributed by atoms with Gasteiger partial charge in [-0.2, -0.15) is 0 Å². The summed E-state index contributed by atoms with van der Waals surface area (Å²) in [6.45, 7) is 3.48. The average molecular weight is 267 g/mol. The Morgan fingerprint density at radius 3 is 2.72 bits per heavy atom. The molecule has 18 heavy (non-hydrogen) atoms. The highest BCUT2D eigenvalue weighted by atomic mass is 32.2. The number of hydrogen-bond donors (Lipinski definition) is 2. The van der Waals surface area contributed by atoms with E-state index in [9.17, 15) is 8.42 Å². The molecule has 2 N–H and O–H groups in total. The first kappa shape index (κ1) is 14.6. The Labute approximate surface area is 108 Å². The fourth-order valence-electron chi connectivity index (χ4n) is 1.45. The summed E-state index contributed by atoms with van der Waals surface area (Å²) in [6, 6.07) is 5.17. The Bertz CT molecular complexity index is 568. The minimum Gasteiger partial charge on any atom is -0.384 e. The van der Waals surface area contributed by atoms with Crippen LogP contribution in [0, 0.1) is 18.8 Å². The van der Waals surface area contributed by atoms with E-state index in [0.717, 1.165) is 5.56 Å². The van der Waals surface area contributed by atoms with E-state index in [1.165, 1.54) is 0 Å². The molecular formula is C13H17NO3S. The van der Waals surface area contributed by atoms with Crippen molar-refractivity contribution in [2.24, 2.45) is 0 Å². The lowest BCUT2D eigenvalue weighted by molar-refractivity contribution is 0.350. The van der Waals surface area contributed by atoms with Gasteiger partial charge in [-0.05, 0) is 31.0 Å². The lowest BCUT2D eigenvalue weighted by Gasteiger charge is -2.08. The monoisotopic (exact) mass is 267 g/mol. The molecule has 0 aromatic heterocycles. The third-order valence-corrected chi connectivity index (χ3v) is 3.78. The van der Waals surface area contributed by atoms with Crippen molar-refractivity contribution in [2.75, 3.05) is 17.1 Å². The first-order chi connectivity index (χ1) is 8.48. The van der Waals surface area contributed by atoms with Gasteiger partial charge in [0.05, 0.1) is 5.75 Å². The van der Waals surface area contributed by atoms with Crippen molar-refractivity contribution in [1.82, 2.24) is 0 Å². The number of sulfonamides is 1. The maximum absolute atomic E-state index is 11.6. The summed E-state index contributed by atoms with van der Waals surface area (Å²) in [5, 5.41) is 8.66. The van der Waals surface area contributed by atoms with E-state index in [2.05, 4.69) is 16.6 Å². The Morgan fingerprint density at radius 2 is 2.11 bits per heavy atom. The molecule has 0 fully saturated rings. The first-order valence-electron chi connectivity index (χ1n) is 5.69. The maximum Gasteiger partial charge on any atom is 0.232 e. The number of rotatable bonds is 4. The van der Waals surface area contributed by atoms with Crippen molar-refractivity contribution in [2.45, 2.75) is 20.3 Å². The minimum absolute atomic E-state index is 0.0958. The SMILES string of the molecule is CCCS(=O)(=O)Nc1ccc(C)c(C#CCO)c1. The smallest absolute Gasteiger partial charge is 0.232 e. The van der Waals surface area contributed by atoms with Crippen LogP contribution in [0.4, 0.5) is 5.69 Å². The Kier molecular flexibility index (Phi) is 5.20. The fourth-order valence-corrected chi connectivity index (χ4v) is 2.58. The number of benzene rings is 1. The Morgan fingerprint density at radius 1 is 1.39 bits per heavy atom. The van der Waals surface area contributed by atoms with Crippen LogP contribution in [0.2, 0.25) is 0 Å². The standard InChI is InChI=1S/C13H17NO3S/c1-3-9-18(16,17)14-13-7-6-11(2)12(10-13)5-4-8-15/h6-7,10,14-15H,3,8-9H2,1-2H3. The topological polar surface area (TPSA) is 66.4 Å². The normalized spacial score (nSPS) is 10.6. The number of aliphatic hydroxyl groups is 1. The molecule has 0 saturated heterocycles. The van der Waals surface area contributed by atoms with Crippen LogP contribution in [0.3, 0.4) is 0 Å². The van der Waals surface area contributed by atoms with E-state index < -0.39 is 10.0 Å². The Balaban J connectivity index is 2.99. The lowest BCUT2D eigenvalue weighted by atomic mass is 10.1. The molecule has 0 radical (unpaired) electrons. The second-order valence-corrected chi connectivity index (χ2v) is 5.75. The van der Waals surface area contributed by atoms with Gasteiger partial charge in [0.2, 0.25) is 10.0 Å². The number of aryl methyl sites for hydroxylation is 1. The van der Waals surface area contributed by atoms with Gasteiger partial charge in [-0.15, -0.1) is 0 Å². The molecule has 98 valence electrons. The third-order valence-electron chi connectivity index (χ3n) is 2.29. The molecule has 0 aliphatic carbocycles. The molecule has 1 aromatic rings. The zero-order valence-electron chi connectivity index (χ0n) is 10.5. The summed E-state index contributed by atoms with van der Waals surface area (Å²) in [5.41, 5.74) is 2.14. The van der Waals surface area contributed by atoms with Gasteiger partial charge in [0.25, 0.3) is 0 Å². The van der Waals surface area contributed by atoms with Crippen LogP contribution in [0.25, 0.3) is 0 Å². The van der Waals surface area contributed by atoms with Crippen LogP contribution in [0.15, 0.2) is 18.2 Å². The van der Waals surface area contributed by atoms with E-state index in [4.69, 9.17) is 5.11 Å². The predicted octanol–water partition coefficient (Wildman–Crippen LogP) is 1.49. The summed E-state index contributed by atoms with van der Waals surface area (Å²) < 4.78 is 25.8. The van der Waals surface area contributed by atoms with E-state index in [0.29, 0.717) is 17.7 Å². The number of anilines is 1. The molecule has 4 nitrogen and oxygen atoms in total. The van der Waals surface area contributed by atoms with Gasteiger partial charge in [0.15, 0.2) is 0 Å². The van der Waals surface area contributed by atoms with Crippen LogP contribution >= 0.6 is 0 Å². The number of nitrogens with one attached hydrogen (secondary N) is 1. The lowest BCUT2D eigenvalue weighted by Crippen LogP contribution is -2.16. The molecule has 0 aliphatic heterocycles. The van der Waals surface area contributed by atoms with E-state index in [-0.39, 0.29) is 12.4 Å². The molecule has 5 heteroatoms. The Hall–Kier alpha value is -1.51. The molecule has 0 atom stereocenters. The van der Waals surface area contributed by atoms with Crippen LogP contribution in [-0.2, 0) is 10.0 Å². The highest BCUT2D eigenvalue weighted by Gasteiger charge is 2.09. The second kappa shape index (κ2) is 6.43. The highest BCUT2D eigenvalue weighted by molar-refractivity contribution is 7.92. The van der Waals surface area contributed by atoms with Crippen molar-refractivity contribution in [3.05, 3.63) is 29.3 Å². The van der Waals surface area contributed by atoms with Gasteiger partial charge < -0.3 is 5.11 Å². The molecular weight excluding hydrogens is 250 g/mol. The first-order valence-corrected chi connectivity index (χ1v) is 7.34. The second-order valence-electron chi connectivity index (χ2n) is 3.91. The van der Waals surface area contributed by atoms with E-state index >= 15 is 0 Å². The maximum atomic E-state index is 11.6. The van der Waals surface area contributed by atoms with Crippen LogP contribution in [-0.4, -0.2) is 25.9 Å². The molecule has 1 rings (SSSR count). The van der Waals surface area contributed by atoms with Crippen LogP contribution in [0.1, 0.15) is 24.5 Å². The van der Waals surface area contributed by atoms with Crippen molar-refractivity contribution in [1.29, 1.82) is 0 Å². The molecule has 0 unspecified atom stereocenters. The van der Waals surface area contributed by atoms with Crippen molar-refractivity contribution >= 4 is 15.7 Å². The average Bonchev–Trinajstić information content (AvgIpc) is 2.29. The summed E-state index contributed by atoms with van der Waals surface area (Å²) in [5.74, 6) is 5.43. The van der Waals surface area contributed by atoms with E-state index in [1.54, 1.807) is 18.2 Å². The molecule has 0 heterocycles. The number of hydrogen-bond acceptors (Lipinski definition) is 3. The quantitative estimate of drug-likeness (QED) is 0.812. The van der Waals surface area contributed by atoms with Gasteiger partial charge in [-0.3, -0.25) is 4.72 Å². The number of aliphatic hydroxyl groups excluding tert-OH is 1. The molecule has 0 saturated carbocycles. The molecule has 0 bridgehead atoms. The van der Waals surface area contributed by atoms with Crippen LogP contribution in [0.5, 0.6) is 0 Å². The molecule has 1 aromatic carbocycles. The molecule has 0 amide bonds. The van der Waals surface area contributed by atoms with Crippen molar-refractivity contribution < 1.29 is 13.5 Å². The van der Waals surface area contributed by atoms with Gasteiger partial charge in [-0.1, -0.05) is 24.8 Å². The van der Waals surface area contributed by atoms with E-state index in [1.807, 2.05) is 13.8 Å². The third kappa shape index (κ3) is 4.40. The van der Waals surface area contributed by atoms with Crippen LogP contribution < -0.4 is 4.72 Å². The van der Waals surface area contributed by atoms with Crippen molar-refractivity contribution in [3.8, 4) is 11.8 Å². The highest BCUT2D eigenvalue weighted by Crippen LogP contribution is 2.16. The summed E-state index contributed by atoms with van der Waals surface area (Å²) in [7, 11) is -3.28. The molecule has 0 spiro atoms. The predicted molar refractivity (Wildman–Crippen MR) is 72.8 cm³/mol. The minimum atomic E-state index is -3.28. The van der Waals surface area contributed by atoms with Gasteiger partial charge in [0.1, 0.15) is 6.61 Å². The van der Waals surface area contributed by atoms with Gasteiger partial charge in [0, 0.05) is 11.3 Å². The largest absolute Gasteiger partial charge is 0.384 e. The fraction of sp³-hybridized carbons (Fsp3) is 0.385. The molecule has 0 aliphatic rings. The summed E-state index contributed by atoms with van der Waals surface area (Å²) in [4.78, 5) is 0. The van der Waals surface area contributed by atoms with Gasteiger partial charge in [-0.25, -0.2) is 8.42 Å². The zero-order valence-corrected chi connectivity index (χ0v) is 11.3. The van der Waals surface area contributed by atoms with Gasteiger partial charge >= 0.3 is 0 Å². The summed E-state index contributed by atoms with van der Waals surface area (Å²) >= 11 is 0. The summed E-state index contributed by atoms with van der Waals surface area (Å²) in [6.07, 6.45) is 0.568.